The molecule has 0 fully saturated rings. The van der Waals surface area contributed by atoms with Gasteiger partial charge in [0, 0.05) is 8.95 Å². The second-order valence-electron chi connectivity index (χ2n) is 5.07. The van der Waals surface area contributed by atoms with Gasteiger partial charge >= 0.3 is 0 Å². The number of rotatable bonds is 4. The van der Waals surface area contributed by atoms with E-state index >= 15 is 0 Å². The Morgan fingerprint density at radius 1 is 1.14 bits per heavy atom. The van der Waals surface area contributed by atoms with Gasteiger partial charge < -0.3 is 0 Å². The largest absolute Gasteiger partial charge is 0.273 e. The SMILES string of the molecule is Cc1ccc(CC(=O)N/N=C/c2cc(Br)c(C)c(Br)c2)cc1. The first kappa shape index (κ1) is 16.9. The van der Waals surface area contributed by atoms with Crippen LogP contribution in [-0.2, 0) is 11.2 Å². The van der Waals surface area contributed by atoms with Crippen molar-refractivity contribution < 1.29 is 4.79 Å². The molecule has 2 aromatic rings. The first-order chi connectivity index (χ1) is 10.5. The lowest BCUT2D eigenvalue weighted by atomic mass is 10.1. The Morgan fingerprint density at radius 3 is 2.32 bits per heavy atom. The molecule has 3 nitrogen and oxygen atoms in total. The monoisotopic (exact) mass is 422 g/mol. The maximum atomic E-state index is 11.8. The lowest BCUT2D eigenvalue weighted by Gasteiger charge is -2.04. The Labute approximate surface area is 147 Å². The number of amides is 1. The van der Waals surface area contributed by atoms with Crippen LogP contribution in [0, 0.1) is 13.8 Å². The lowest BCUT2D eigenvalue weighted by Crippen LogP contribution is -2.19. The maximum Gasteiger partial charge on any atom is 0.244 e. The lowest BCUT2D eigenvalue weighted by molar-refractivity contribution is -0.120. The van der Waals surface area contributed by atoms with Crippen molar-refractivity contribution >= 4 is 44.0 Å². The molecule has 2 rings (SSSR count). The van der Waals surface area contributed by atoms with E-state index in [2.05, 4.69) is 42.4 Å². The third kappa shape index (κ3) is 4.78. The summed E-state index contributed by atoms with van der Waals surface area (Å²) in [5, 5.41) is 4.00. The predicted octanol–water partition coefficient (Wildman–Crippen LogP) is 4.52. The minimum atomic E-state index is -0.134. The van der Waals surface area contributed by atoms with E-state index in [0.717, 1.165) is 25.6 Å². The number of hydrazone groups is 1. The number of carbonyl (C=O) groups is 1. The summed E-state index contributed by atoms with van der Waals surface area (Å²) in [6.45, 7) is 4.03. The molecule has 22 heavy (non-hydrogen) atoms. The van der Waals surface area contributed by atoms with Gasteiger partial charge in [0.05, 0.1) is 12.6 Å². The fourth-order valence-corrected chi connectivity index (χ4v) is 3.07. The van der Waals surface area contributed by atoms with Crippen LogP contribution in [0.3, 0.4) is 0 Å². The Kier molecular flexibility index (Phi) is 5.91. The van der Waals surface area contributed by atoms with Gasteiger partial charge in [0.2, 0.25) is 5.91 Å². The zero-order chi connectivity index (χ0) is 16.1. The van der Waals surface area contributed by atoms with Crippen LogP contribution in [0.25, 0.3) is 0 Å². The Morgan fingerprint density at radius 2 is 1.73 bits per heavy atom. The number of halogens is 2. The highest BCUT2D eigenvalue weighted by Crippen LogP contribution is 2.25. The zero-order valence-electron chi connectivity index (χ0n) is 12.4. The van der Waals surface area contributed by atoms with Gasteiger partial charge in [-0.2, -0.15) is 5.10 Å². The van der Waals surface area contributed by atoms with Crippen LogP contribution in [0.4, 0.5) is 0 Å². The van der Waals surface area contributed by atoms with E-state index in [-0.39, 0.29) is 5.91 Å². The molecule has 0 aromatic heterocycles. The summed E-state index contributed by atoms with van der Waals surface area (Å²) in [4.78, 5) is 11.8. The predicted molar refractivity (Wildman–Crippen MR) is 97.2 cm³/mol. The molecular formula is C17H16Br2N2O. The molecule has 5 heteroatoms. The molecule has 0 heterocycles. The summed E-state index contributed by atoms with van der Waals surface area (Å²) in [6.07, 6.45) is 1.95. The smallest absolute Gasteiger partial charge is 0.244 e. The van der Waals surface area contributed by atoms with Gasteiger partial charge in [-0.1, -0.05) is 61.7 Å². The molecule has 0 saturated carbocycles. The highest BCUT2D eigenvalue weighted by Gasteiger charge is 2.03. The number of nitrogens with zero attached hydrogens (tertiary/aromatic N) is 1. The average molecular weight is 424 g/mol. The van der Waals surface area contributed by atoms with Gasteiger partial charge in [-0.25, -0.2) is 5.43 Å². The number of benzene rings is 2. The fraction of sp³-hybridized carbons (Fsp3) is 0.176. The molecule has 0 aliphatic heterocycles. The summed E-state index contributed by atoms with van der Waals surface area (Å²) in [5.74, 6) is -0.134. The number of nitrogens with one attached hydrogen (secondary N) is 1. The molecule has 0 bridgehead atoms. The Hall–Kier alpha value is -1.46. The van der Waals surface area contributed by atoms with E-state index in [1.54, 1.807) is 6.21 Å². The second kappa shape index (κ2) is 7.70. The molecule has 0 radical (unpaired) electrons. The molecule has 1 N–H and O–H groups in total. The van der Waals surface area contributed by atoms with Crippen molar-refractivity contribution in [1.82, 2.24) is 5.43 Å². The molecule has 0 aliphatic carbocycles. The highest BCUT2D eigenvalue weighted by molar-refractivity contribution is 9.11. The number of hydrogen-bond acceptors (Lipinski definition) is 2. The van der Waals surface area contributed by atoms with Crippen LogP contribution < -0.4 is 5.43 Å². The van der Waals surface area contributed by atoms with Crippen LogP contribution in [0.15, 0.2) is 50.4 Å². The minimum absolute atomic E-state index is 0.134. The van der Waals surface area contributed by atoms with Crippen LogP contribution in [0.5, 0.6) is 0 Å². The van der Waals surface area contributed by atoms with Crippen molar-refractivity contribution in [2.75, 3.05) is 0 Å². The Bertz CT molecular complexity index is 686. The van der Waals surface area contributed by atoms with Crippen LogP contribution in [0.2, 0.25) is 0 Å². The van der Waals surface area contributed by atoms with Crippen molar-refractivity contribution in [2.24, 2.45) is 5.10 Å². The van der Waals surface area contributed by atoms with E-state index in [9.17, 15) is 4.79 Å². The molecular weight excluding hydrogens is 408 g/mol. The fourth-order valence-electron chi connectivity index (χ4n) is 1.85. The third-order valence-electron chi connectivity index (χ3n) is 3.19. The van der Waals surface area contributed by atoms with E-state index in [1.165, 1.54) is 5.56 Å². The summed E-state index contributed by atoms with van der Waals surface area (Å²) in [5.41, 5.74) is 6.73. The quantitative estimate of drug-likeness (QED) is 0.569. The molecule has 0 atom stereocenters. The molecule has 0 saturated heterocycles. The average Bonchev–Trinajstić information content (AvgIpc) is 2.47. The van der Waals surface area contributed by atoms with E-state index in [0.29, 0.717) is 6.42 Å². The zero-order valence-corrected chi connectivity index (χ0v) is 15.5. The normalized spacial score (nSPS) is 10.9. The molecule has 0 spiro atoms. The summed E-state index contributed by atoms with van der Waals surface area (Å²) in [6, 6.07) is 11.8. The number of carbonyl (C=O) groups excluding carboxylic acids is 1. The van der Waals surface area contributed by atoms with Gasteiger partial charge in [0.15, 0.2) is 0 Å². The van der Waals surface area contributed by atoms with Gasteiger partial charge in [-0.3, -0.25) is 4.79 Å². The standard InChI is InChI=1S/C17H16Br2N2O/c1-11-3-5-13(6-4-11)9-17(22)21-20-10-14-7-15(18)12(2)16(19)8-14/h3-8,10H,9H2,1-2H3,(H,21,22)/b20-10+. The summed E-state index contributed by atoms with van der Waals surface area (Å²) < 4.78 is 1.99. The van der Waals surface area contributed by atoms with Gasteiger partial charge in [0.1, 0.15) is 0 Å². The molecule has 1 amide bonds. The molecule has 0 unspecified atom stereocenters. The number of aryl methyl sites for hydroxylation is 1. The number of hydrogen-bond donors (Lipinski definition) is 1. The second-order valence-corrected chi connectivity index (χ2v) is 6.77. The van der Waals surface area contributed by atoms with Gasteiger partial charge in [-0.05, 0) is 42.7 Å². The van der Waals surface area contributed by atoms with Gasteiger partial charge in [-0.15, -0.1) is 0 Å². The van der Waals surface area contributed by atoms with Crippen LogP contribution in [-0.4, -0.2) is 12.1 Å². The van der Waals surface area contributed by atoms with Crippen molar-refractivity contribution in [2.45, 2.75) is 20.3 Å². The van der Waals surface area contributed by atoms with Crippen LogP contribution in [0.1, 0.15) is 22.3 Å². The first-order valence-electron chi connectivity index (χ1n) is 6.79. The molecule has 2 aromatic carbocycles. The minimum Gasteiger partial charge on any atom is -0.273 e. The maximum absolute atomic E-state index is 11.8. The van der Waals surface area contributed by atoms with E-state index in [4.69, 9.17) is 0 Å². The van der Waals surface area contributed by atoms with E-state index in [1.807, 2.05) is 50.2 Å². The molecule has 0 aliphatic rings. The molecule has 114 valence electrons. The summed E-state index contributed by atoms with van der Waals surface area (Å²) in [7, 11) is 0. The highest BCUT2D eigenvalue weighted by atomic mass is 79.9. The van der Waals surface area contributed by atoms with Crippen LogP contribution >= 0.6 is 31.9 Å². The van der Waals surface area contributed by atoms with Crippen molar-refractivity contribution in [1.29, 1.82) is 0 Å². The van der Waals surface area contributed by atoms with E-state index < -0.39 is 0 Å². The van der Waals surface area contributed by atoms with Crippen molar-refractivity contribution in [3.63, 3.8) is 0 Å². The Balaban J connectivity index is 1.94. The third-order valence-corrected chi connectivity index (χ3v) is 4.84. The van der Waals surface area contributed by atoms with Crippen molar-refractivity contribution in [3.05, 3.63) is 67.6 Å². The summed E-state index contributed by atoms with van der Waals surface area (Å²) >= 11 is 6.98. The first-order valence-corrected chi connectivity index (χ1v) is 8.37. The van der Waals surface area contributed by atoms with Crippen molar-refractivity contribution in [3.8, 4) is 0 Å². The topological polar surface area (TPSA) is 41.5 Å². The van der Waals surface area contributed by atoms with Gasteiger partial charge in [0.25, 0.3) is 0 Å².